The summed E-state index contributed by atoms with van der Waals surface area (Å²) in [4.78, 5) is 8.05. The maximum absolute atomic E-state index is 5.21. The second-order valence-electron chi connectivity index (χ2n) is 4.71. The predicted molar refractivity (Wildman–Crippen MR) is 67.4 cm³/mol. The number of rotatable bonds is 3. The number of imidazole rings is 1. The van der Waals surface area contributed by atoms with Gasteiger partial charge in [0.05, 0.1) is 18.1 Å². The Morgan fingerprint density at radius 1 is 1.41 bits per heavy atom. The first-order valence-corrected chi connectivity index (χ1v) is 6.02. The SMILES string of the molecule is COc1ccc2nc(C(C)C3CNC3)[nH]c2c1. The average molecular weight is 231 g/mol. The highest BCUT2D eigenvalue weighted by molar-refractivity contribution is 5.76. The van der Waals surface area contributed by atoms with Crippen LogP contribution in [0, 0.1) is 5.92 Å². The minimum atomic E-state index is 0.481. The molecule has 1 aliphatic rings. The highest BCUT2D eigenvalue weighted by atomic mass is 16.5. The first-order chi connectivity index (χ1) is 8.28. The highest BCUT2D eigenvalue weighted by Crippen LogP contribution is 2.27. The Morgan fingerprint density at radius 3 is 2.88 bits per heavy atom. The molecule has 17 heavy (non-hydrogen) atoms. The molecule has 3 rings (SSSR count). The number of fused-ring (bicyclic) bond motifs is 1. The van der Waals surface area contributed by atoms with Crippen molar-refractivity contribution in [3.63, 3.8) is 0 Å². The van der Waals surface area contributed by atoms with Gasteiger partial charge >= 0.3 is 0 Å². The Hall–Kier alpha value is -1.55. The van der Waals surface area contributed by atoms with Gasteiger partial charge in [-0.05, 0) is 31.1 Å². The molecule has 4 nitrogen and oxygen atoms in total. The summed E-state index contributed by atoms with van der Waals surface area (Å²) in [5.74, 6) is 3.14. The van der Waals surface area contributed by atoms with E-state index >= 15 is 0 Å². The van der Waals surface area contributed by atoms with E-state index in [0.717, 1.165) is 35.7 Å². The monoisotopic (exact) mass is 231 g/mol. The molecule has 2 N–H and O–H groups in total. The molecule has 4 heteroatoms. The first-order valence-electron chi connectivity index (χ1n) is 6.02. The summed E-state index contributed by atoms with van der Waals surface area (Å²) in [6.07, 6.45) is 0. The molecule has 1 atom stereocenters. The van der Waals surface area contributed by atoms with Crippen LogP contribution in [0.25, 0.3) is 11.0 Å². The maximum atomic E-state index is 5.21. The van der Waals surface area contributed by atoms with Crippen LogP contribution in [-0.2, 0) is 0 Å². The first kappa shape index (κ1) is 10.6. The number of nitrogens with one attached hydrogen (secondary N) is 2. The normalized spacial score (nSPS) is 18.0. The quantitative estimate of drug-likeness (QED) is 0.848. The fraction of sp³-hybridized carbons (Fsp3) is 0.462. The average Bonchev–Trinajstić information content (AvgIpc) is 2.68. The fourth-order valence-electron chi connectivity index (χ4n) is 2.24. The largest absolute Gasteiger partial charge is 0.497 e. The van der Waals surface area contributed by atoms with Gasteiger partial charge in [0.2, 0.25) is 0 Å². The summed E-state index contributed by atoms with van der Waals surface area (Å²) >= 11 is 0. The summed E-state index contributed by atoms with van der Waals surface area (Å²) in [6, 6.07) is 5.94. The van der Waals surface area contributed by atoms with Crippen molar-refractivity contribution in [3.8, 4) is 5.75 Å². The third kappa shape index (κ3) is 1.78. The number of hydrogen-bond acceptors (Lipinski definition) is 3. The Bertz CT molecular complexity index is 530. The second-order valence-corrected chi connectivity index (χ2v) is 4.71. The summed E-state index contributed by atoms with van der Waals surface area (Å²) in [5, 5.41) is 3.30. The van der Waals surface area contributed by atoms with Crippen molar-refractivity contribution < 1.29 is 4.74 Å². The van der Waals surface area contributed by atoms with Crippen LogP contribution in [0.15, 0.2) is 18.2 Å². The smallest absolute Gasteiger partial charge is 0.121 e. The van der Waals surface area contributed by atoms with E-state index in [-0.39, 0.29) is 0 Å². The zero-order valence-electron chi connectivity index (χ0n) is 10.2. The number of ether oxygens (including phenoxy) is 1. The second kappa shape index (κ2) is 4.04. The lowest BCUT2D eigenvalue weighted by Gasteiger charge is -2.31. The molecular formula is C13H17N3O. The summed E-state index contributed by atoms with van der Waals surface area (Å²) in [5.41, 5.74) is 2.07. The molecule has 1 aromatic heterocycles. The van der Waals surface area contributed by atoms with Crippen molar-refractivity contribution in [1.29, 1.82) is 0 Å². The third-order valence-electron chi connectivity index (χ3n) is 3.66. The molecule has 0 bridgehead atoms. The van der Waals surface area contributed by atoms with Gasteiger partial charge in [0.1, 0.15) is 11.6 Å². The molecular weight excluding hydrogens is 214 g/mol. The van der Waals surface area contributed by atoms with E-state index in [1.54, 1.807) is 7.11 Å². The topological polar surface area (TPSA) is 49.9 Å². The third-order valence-corrected chi connectivity index (χ3v) is 3.66. The van der Waals surface area contributed by atoms with Gasteiger partial charge in [-0.2, -0.15) is 0 Å². The van der Waals surface area contributed by atoms with Crippen molar-refractivity contribution in [2.24, 2.45) is 5.92 Å². The van der Waals surface area contributed by atoms with E-state index in [2.05, 4.69) is 22.2 Å². The number of hydrogen-bond donors (Lipinski definition) is 2. The molecule has 0 spiro atoms. The summed E-state index contributed by atoms with van der Waals surface area (Å²) in [7, 11) is 1.68. The van der Waals surface area contributed by atoms with Crippen molar-refractivity contribution in [3.05, 3.63) is 24.0 Å². The van der Waals surface area contributed by atoms with E-state index in [1.165, 1.54) is 0 Å². The van der Waals surface area contributed by atoms with E-state index in [1.807, 2.05) is 18.2 Å². The molecule has 1 unspecified atom stereocenters. The lowest BCUT2D eigenvalue weighted by atomic mass is 9.88. The van der Waals surface area contributed by atoms with Crippen molar-refractivity contribution >= 4 is 11.0 Å². The van der Waals surface area contributed by atoms with Gasteiger partial charge in [0.25, 0.3) is 0 Å². The standard InChI is InChI=1S/C13H17N3O/c1-8(9-6-14-7-9)13-15-11-4-3-10(17-2)5-12(11)16-13/h3-5,8-9,14H,6-7H2,1-2H3,(H,15,16). The van der Waals surface area contributed by atoms with Crippen molar-refractivity contribution in [1.82, 2.24) is 15.3 Å². The number of H-pyrrole nitrogens is 1. The molecule has 1 aromatic carbocycles. The Labute approximate surface area is 100 Å². The van der Waals surface area contributed by atoms with Crippen LogP contribution < -0.4 is 10.1 Å². The molecule has 1 saturated heterocycles. The molecule has 0 saturated carbocycles. The molecule has 0 radical (unpaired) electrons. The molecule has 0 aliphatic carbocycles. The van der Waals surface area contributed by atoms with Crippen molar-refractivity contribution in [2.75, 3.05) is 20.2 Å². The van der Waals surface area contributed by atoms with E-state index < -0.39 is 0 Å². The van der Waals surface area contributed by atoms with Crippen LogP contribution in [0.3, 0.4) is 0 Å². The number of nitrogens with zero attached hydrogens (tertiary/aromatic N) is 1. The van der Waals surface area contributed by atoms with Gasteiger partial charge in [-0.3, -0.25) is 0 Å². The molecule has 2 heterocycles. The zero-order chi connectivity index (χ0) is 11.8. The van der Waals surface area contributed by atoms with Gasteiger partial charge in [0, 0.05) is 12.0 Å². The summed E-state index contributed by atoms with van der Waals surface area (Å²) in [6.45, 7) is 4.43. The number of aromatic amines is 1. The Kier molecular flexibility index (Phi) is 2.52. The van der Waals surface area contributed by atoms with Crippen molar-refractivity contribution in [2.45, 2.75) is 12.8 Å². The lowest BCUT2D eigenvalue weighted by Crippen LogP contribution is -2.44. The van der Waals surface area contributed by atoms with Crippen LogP contribution in [0.4, 0.5) is 0 Å². The van der Waals surface area contributed by atoms with Crippen LogP contribution in [0.5, 0.6) is 5.75 Å². The van der Waals surface area contributed by atoms with Gasteiger partial charge in [-0.25, -0.2) is 4.98 Å². The summed E-state index contributed by atoms with van der Waals surface area (Å²) < 4.78 is 5.21. The van der Waals surface area contributed by atoms with Gasteiger partial charge in [-0.15, -0.1) is 0 Å². The maximum Gasteiger partial charge on any atom is 0.121 e. The molecule has 1 fully saturated rings. The van der Waals surface area contributed by atoms with Crippen LogP contribution in [0.2, 0.25) is 0 Å². The predicted octanol–water partition coefficient (Wildman–Crippen LogP) is 1.89. The molecule has 0 amide bonds. The van der Waals surface area contributed by atoms with E-state index in [0.29, 0.717) is 11.8 Å². The number of aromatic nitrogens is 2. The molecule has 2 aromatic rings. The number of methoxy groups -OCH3 is 1. The van der Waals surface area contributed by atoms with Crippen LogP contribution in [0.1, 0.15) is 18.7 Å². The Balaban J connectivity index is 1.95. The minimum Gasteiger partial charge on any atom is -0.497 e. The zero-order valence-corrected chi connectivity index (χ0v) is 10.2. The molecule has 1 aliphatic heterocycles. The minimum absolute atomic E-state index is 0.481. The highest BCUT2D eigenvalue weighted by Gasteiger charge is 2.26. The van der Waals surface area contributed by atoms with Gasteiger partial charge in [0.15, 0.2) is 0 Å². The van der Waals surface area contributed by atoms with E-state index in [4.69, 9.17) is 4.74 Å². The Morgan fingerprint density at radius 2 is 2.24 bits per heavy atom. The van der Waals surface area contributed by atoms with Gasteiger partial charge < -0.3 is 15.0 Å². The lowest BCUT2D eigenvalue weighted by molar-refractivity contribution is 0.297. The van der Waals surface area contributed by atoms with Crippen LogP contribution in [-0.4, -0.2) is 30.2 Å². The fourth-order valence-corrected chi connectivity index (χ4v) is 2.24. The van der Waals surface area contributed by atoms with E-state index in [9.17, 15) is 0 Å². The molecule has 90 valence electrons. The number of benzene rings is 1. The van der Waals surface area contributed by atoms with Gasteiger partial charge in [-0.1, -0.05) is 6.92 Å². The van der Waals surface area contributed by atoms with Crippen LogP contribution >= 0.6 is 0 Å².